The Labute approximate surface area is 121 Å². The van der Waals surface area contributed by atoms with Crippen LogP contribution in [0.2, 0.25) is 0 Å². The molecule has 0 bridgehead atoms. The summed E-state index contributed by atoms with van der Waals surface area (Å²) in [7, 11) is -1.73. The van der Waals surface area contributed by atoms with Crippen molar-refractivity contribution in [3.05, 3.63) is 0 Å². The van der Waals surface area contributed by atoms with Gasteiger partial charge in [0.25, 0.3) is 0 Å². The minimum Gasteiger partial charge on any atom is -0.374 e. The number of carbonyl (C=O) groups excluding carboxylic acids is 1. The number of hydrogen-bond donors (Lipinski definition) is 0. The Morgan fingerprint density at radius 2 is 2.15 bits per heavy atom. The van der Waals surface area contributed by atoms with Gasteiger partial charge in [0, 0.05) is 33.1 Å². The van der Waals surface area contributed by atoms with Crippen LogP contribution in [0, 0.1) is 0 Å². The summed E-state index contributed by atoms with van der Waals surface area (Å²) in [5.74, 6) is 0.172. The lowest BCUT2D eigenvalue weighted by Crippen LogP contribution is -2.39. The molecule has 0 saturated carbocycles. The fourth-order valence-corrected chi connectivity index (χ4v) is 4.04. The number of amides is 1. The molecule has 116 valence electrons. The Morgan fingerprint density at radius 1 is 1.40 bits per heavy atom. The van der Waals surface area contributed by atoms with Crippen LogP contribution in [0.4, 0.5) is 0 Å². The first-order chi connectivity index (χ1) is 9.38. The van der Waals surface area contributed by atoms with Crippen LogP contribution in [0.3, 0.4) is 0 Å². The number of rotatable bonds is 6. The van der Waals surface area contributed by atoms with Crippen LogP contribution in [0.15, 0.2) is 0 Å². The van der Waals surface area contributed by atoms with Crippen LogP contribution in [0.25, 0.3) is 0 Å². The van der Waals surface area contributed by atoms with Gasteiger partial charge in [-0.15, -0.1) is 0 Å². The first-order valence-electron chi connectivity index (χ1n) is 7.26. The molecule has 0 N–H and O–H groups in total. The number of sulfonamides is 1. The molecule has 0 aromatic rings. The maximum atomic E-state index is 12.2. The van der Waals surface area contributed by atoms with Gasteiger partial charge in [0.15, 0.2) is 0 Å². The van der Waals surface area contributed by atoms with Crippen molar-refractivity contribution in [3.63, 3.8) is 0 Å². The van der Waals surface area contributed by atoms with E-state index >= 15 is 0 Å². The summed E-state index contributed by atoms with van der Waals surface area (Å²) in [4.78, 5) is 13.2. The van der Waals surface area contributed by atoms with Crippen molar-refractivity contribution < 1.29 is 17.9 Å². The Morgan fingerprint density at radius 3 is 2.70 bits per heavy atom. The third-order valence-corrected chi connectivity index (χ3v) is 5.97. The highest BCUT2D eigenvalue weighted by Crippen LogP contribution is 2.21. The zero-order chi connectivity index (χ0) is 14.8. The van der Waals surface area contributed by atoms with E-state index in [4.69, 9.17) is 4.74 Å². The molecule has 1 amide bonds. The minimum atomic E-state index is -3.31. The second-order valence-electron chi connectivity index (χ2n) is 5.73. The summed E-state index contributed by atoms with van der Waals surface area (Å²) >= 11 is 0. The molecule has 2 rings (SSSR count). The van der Waals surface area contributed by atoms with Crippen molar-refractivity contribution in [3.8, 4) is 0 Å². The van der Waals surface area contributed by atoms with E-state index in [1.54, 1.807) is 11.9 Å². The monoisotopic (exact) mass is 304 g/mol. The molecule has 2 unspecified atom stereocenters. The van der Waals surface area contributed by atoms with E-state index in [1.807, 2.05) is 6.92 Å². The number of nitrogens with zero attached hydrogens (tertiary/aromatic N) is 2. The largest absolute Gasteiger partial charge is 0.374 e. The smallest absolute Gasteiger partial charge is 0.222 e. The van der Waals surface area contributed by atoms with Crippen LogP contribution in [-0.2, 0) is 19.6 Å². The van der Waals surface area contributed by atoms with Crippen molar-refractivity contribution in [1.82, 2.24) is 9.21 Å². The molecule has 2 atom stereocenters. The Kier molecular flexibility index (Phi) is 5.04. The zero-order valence-corrected chi connectivity index (χ0v) is 13.1. The van der Waals surface area contributed by atoms with Crippen molar-refractivity contribution in [2.75, 3.05) is 32.4 Å². The predicted molar refractivity (Wildman–Crippen MR) is 75.8 cm³/mol. The number of hydrogen-bond acceptors (Lipinski definition) is 4. The lowest BCUT2D eigenvalue weighted by Gasteiger charge is -2.22. The number of likely N-dealkylation sites (tertiary alicyclic amines) is 1. The van der Waals surface area contributed by atoms with E-state index in [2.05, 4.69) is 0 Å². The second kappa shape index (κ2) is 6.41. The SMILES string of the molecule is CC1CCC(CS(=O)(=O)N(C)CCN2CCCC2=O)O1. The number of ether oxygens (including phenoxy) is 1. The summed E-state index contributed by atoms with van der Waals surface area (Å²) in [5.41, 5.74) is 0. The van der Waals surface area contributed by atoms with Crippen LogP contribution in [0.1, 0.15) is 32.6 Å². The van der Waals surface area contributed by atoms with Gasteiger partial charge >= 0.3 is 0 Å². The quantitative estimate of drug-likeness (QED) is 0.714. The van der Waals surface area contributed by atoms with Gasteiger partial charge in [0.05, 0.1) is 18.0 Å². The fraction of sp³-hybridized carbons (Fsp3) is 0.923. The van der Waals surface area contributed by atoms with Crippen molar-refractivity contribution in [1.29, 1.82) is 0 Å². The molecule has 0 spiro atoms. The lowest BCUT2D eigenvalue weighted by molar-refractivity contribution is -0.127. The van der Waals surface area contributed by atoms with Gasteiger partial charge in [-0.05, 0) is 26.2 Å². The third kappa shape index (κ3) is 3.93. The van der Waals surface area contributed by atoms with Crippen molar-refractivity contribution in [2.45, 2.75) is 44.8 Å². The molecule has 20 heavy (non-hydrogen) atoms. The van der Waals surface area contributed by atoms with E-state index < -0.39 is 10.0 Å². The molecule has 2 fully saturated rings. The van der Waals surface area contributed by atoms with Crippen LogP contribution in [-0.4, -0.2) is 68.2 Å². The summed E-state index contributed by atoms with van der Waals surface area (Å²) in [5, 5.41) is 0. The molecule has 6 nitrogen and oxygen atoms in total. The van der Waals surface area contributed by atoms with Gasteiger partial charge in [0.2, 0.25) is 15.9 Å². The average molecular weight is 304 g/mol. The predicted octanol–water partition coefficient (Wildman–Crippen LogP) is 0.438. The van der Waals surface area contributed by atoms with E-state index in [1.165, 1.54) is 4.31 Å². The fourth-order valence-electron chi connectivity index (χ4n) is 2.71. The van der Waals surface area contributed by atoms with E-state index in [-0.39, 0.29) is 23.9 Å². The summed E-state index contributed by atoms with van der Waals surface area (Å²) in [6, 6.07) is 0. The van der Waals surface area contributed by atoms with E-state index in [0.717, 1.165) is 25.8 Å². The van der Waals surface area contributed by atoms with Gasteiger partial charge < -0.3 is 9.64 Å². The first-order valence-corrected chi connectivity index (χ1v) is 8.86. The summed E-state index contributed by atoms with van der Waals surface area (Å²) < 4.78 is 31.4. The molecule has 2 heterocycles. The number of likely N-dealkylation sites (N-methyl/N-ethyl adjacent to an activating group) is 1. The third-order valence-electron chi connectivity index (χ3n) is 4.05. The molecule has 7 heteroatoms. The molecule has 2 aliphatic heterocycles. The van der Waals surface area contributed by atoms with Gasteiger partial charge in [0.1, 0.15) is 0 Å². The highest BCUT2D eigenvalue weighted by atomic mass is 32.2. The topological polar surface area (TPSA) is 66.9 Å². The molecule has 0 aromatic heterocycles. The minimum absolute atomic E-state index is 0.0434. The molecular weight excluding hydrogens is 280 g/mol. The highest BCUT2D eigenvalue weighted by molar-refractivity contribution is 7.89. The molecule has 2 aliphatic rings. The van der Waals surface area contributed by atoms with Gasteiger partial charge in [-0.1, -0.05) is 0 Å². The Balaban J connectivity index is 1.80. The second-order valence-corrected chi connectivity index (χ2v) is 7.85. The van der Waals surface area contributed by atoms with Crippen LogP contribution >= 0.6 is 0 Å². The highest BCUT2D eigenvalue weighted by Gasteiger charge is 2.30. The molecule has 0 aromatic carbocycles. The molecule has 0 aliphatic carbocycles. The van der Waals surface area contributed by atoms with Crippen LogP contribution < -0.4 is 0 Å². The lowest BCUT2D eigenvalue weighted by atomic mass is 10.2. The summed E-state index contributed by atoms with van der Waals surface area (Å²) in [6.45, 7) is 3.55. The van der Waals surface area contributed by atoms with Crippen molar-refractivity contribution >= 4 is 15.9 Å². The average Bonchev–Trinajstić information content (AvgIpc) is 2.95. The molecule has 0 radical (unpaired) electrons. The molecule has 2 saturated heterocycles. The van der Waals surface area contributed by atoms with Gasteiger partial charge in [-0.2, -0.15) is 0 Å². The van der Waals surface area contributed by atoms with E-state index in [0.29, 0.717) is 19.5 Å². The Hall–Kier alpha value is -0.660. The van der Waals surface area contributed by atoms with Gasteiger partial charge in [-0.25, -0.2) is 12.7 Å². The number of carbonyl (C=O) groups is 1. The van der Waals surface area contributed by atoms with Crippen molar-refractivity contribution in [2.24, 2.45) is 0 Å². The maximum Gasteiger partial charge on any atom is 0.222 e. The zero-order valence-electron chi connectivity index (χ0n) is 12.2. The first kappa shape index (κ1) is 15.7. The maximum absolute atomic E-state index is 12.2. The Bertz CT molecular complexity index is 451. The summed E-state index contributed by atoms with van der Waals surface area (Å²) in [6.07, 6.45) is 3.16. The van der Waals surface area contributed by atoms with Crippen LogP contribution in [0.5, 0.6) is 0 Å². The van der Waals surface area contributed by atoms with Gasteiger partial charge in [-0.3, -0.25) is 4.79 Å². The standard InChI is InChI=1S/C13H24N2O4S/c1-11-5-6-12(19-11)10-20(17,18)14(2)8-9-15-7-3-4-13(15)16/h11-12H,3-10H2,1-2H3. The molecular formula is C13H24N2O4S. The normalized spacial score (nSPS) is 27.8. The van der Waals surface area contributed by atoms with E-state index in [9.17, 15) is 13.2 Å².